The van der Waals surface area contributed by atoms with Gasteiger partial charge >= 0.3 is 0 Å². The SMILES string of the molecule is Cc1noc(C)c1CN1CCC(NC(=O)c2ccccn2)CCC1=O. The van der Waals surface area contributed by atoms with Crippen LogP contribution >= 0.6 is 0 Å². The number of nitrogens with zero attached hydrogens (tertiary/aromatic N) is 3. The molecule has 7 nitrogen and oxygen atoms in total. The van der Waals surface area contributed by atoms with Crippen molar-refractivity contribution < 1.29 is 14.1 Å². The predicted molar refractivity (Wildman–Crippen MR) is 90.7 cm³/mol. The fraction of sp³-hybridized carbons (Fsp3) is 0.444. The van der Waals surface area contributed by atoms with Gasteiger partial charge in [0.1, 0.15) is 11.5 Å². The molecule has 2 aromatic heterocycles. The Balaban J connectivity index is 1.61. The molecule has 1 fully saturated rings. The fourth-order valence-electron chi connectivity index (χ4n) is 3.02. The van der Waals surface area contributed by atoms with Gasteiger partial charge < -0.3 is 14.7 Å². The lowest BCUT2D eigenvalue weighted by Gasteiger charge is -2.21. The Morgan fingerprint density at radius 3 is 2.88 bits per heavy atom. The van der Waals surface area contributed by atoms with E-state index in [0.717, 1.165) is 17.0 Å². The number of aryl methyl sites for hydroxylation is 2. The molecule has 0 spiro atoms. The summed E-state index contributed by atoms with van der Waals surface area (Å²) in [6.07, 6.45) is 3.36. The topological polar surface area (TPSA) is 88.3 Å². The minimum atomic E-state index is -0.197. The summed E-state index contributed by atoms with van der Waals surface area (Å²) in [7, 11) is 0. The normalized spacial score (nSPS) is 18.1. The zero-order chi connectivity index (χ0) is 17.8. The molecule has 0 aliphatic carbocycles. The van der Waals surface area contributed by atoms with E-state index in [0.29, 0.717) is 38.0 Å². The Morgan fingerprint density at radius 1 is 1.36 bits per heavy atom. The molecule has 1 atom stereocenters. The number of hydrogen-bond acceptors (Lipinski definition) is 5. The maximum atomic E-state index is 12.4. The molecular weight excluding hydrogens is 320 g/mol. The van der Waals surface area contributed by atoms with E-state index in [1.807, 2.05) is 18.7 Å². The minimum absolute atomic E-state index is 0.0341. The Labute approximate surface area is 146 Å². The van der Waals surface area contributed by atoms with E-state index in [4.69, 9.17) is 4.52 Å². The molecule has 1 aliphatic heterocycles. The van der Waals surface area contributed by atoms with Gasteiger partial charge in [0.05, 0.1) is 12.2 Å². The molecule has 1 N–H and O–H groups in total. The second kappa shape index (κ2) is 7.46. The van der Waals surface area contributed by atoms with Gasteiger partial charge in [-0.2, -0.15) is 0 Å². The number of amides is 2. The van der Waals surface area contributed by atoms with Crippen LogP contribution in [0.3, 0.4) is 0 Å². The van der Waals surface area contributed by atoms with Crippen molar-refractivity contribution in [1.82, 2.24) is 20.4 Å². The first-order valence-electron chi connectivity index (χ1n) is 8.46. The van der Waals surface area contributed by atoms with Crippen LogP contribution < -0.4 is 5.32 Å². The van der Waals surface area contributed by atoms with Crippen molar-refractivity contribution in [3.63, 3.8) is 0 Å². The van der Waals surface area contributed by atoms with Gasteiger partial charge in [0.2, 0.25) is 5.91 Å². The minimum Gasteiger partial charge on any atom is -0.361 e. The first kappa shape index (κ1) is 17.1. The summed E-state index contributed by atoms with van der Waals surface area (Å²) in [6, 6.07) is 5.20. The van der Waals surface area contributed by atoms with Gasteiger partial charge in [-0.1, -0.05) is 11.2 Å². The Morgan fingerprint density at radius 2 is 2.20 bits per heavy atom. The molecule has 1 aliphatic rings. The van der Waals surface area contributed by atoms with Crippen LogP contribution in [0.4, 0.5) is 0 Å². The van der Waals surface area contributed by atoms with Crippen molar-refractivity contribution in [1.29, 1.82) is 0 Å². The average Bonchev–Trinajstić information content (AvgIpc) is 2.83. The molecule has 3 rings (SSSR count). The third kappa shape index (κ3) is 4.04. The van der Waals surface area contributed by atoms with Gasteiger partial charge in [-0.15, -0.1) is 0 Å². The van der Waals surface area contributed by atoms with Crippen molar-refractivity contribution in [2.75, 3.05) is 6.54 Å². The van der Waals surface area contributed by atoms with E-state index in [-0.39, 0.29) is 17.9 Å². The quantitative estimate of drug-likeness (QED) is 0.918. The van der Waals surface area contributed by atoms with Crippen LogP contribution in [0, 0.1) is 13.8 Å². The van der Waals surface area contributed by atoms with E-state index >= 15 is 0 Å². The molecule has 132 valence electrons. The summed E-state index contributed by atoms with van der Waals surface area (Å²) in [4.78, 5) is 30.5. The van der Waals surface area contributed by atoms with Gasteiger partial charge in [-0.3, -0.25) is 14.6 Å². The lowest BCUT2D eigenvalue weighted by atomic mass is 10.1. The summed E-state index contributed by atoms with van der Waals surface area (Å²) in [5, 5.41) is 6.93. The van der Waals surface area contributed by atoms with Crippen LogP contribution in [0.1, 0.15) is 46.8 Å². The third-order valence-corrected chi connectivity index (χ3v) is 4.57. The third-order valence-electron chi connectivity index (χ3n) is 4.57. The Hall–Kier alpha value is -2.70. The molecule has 0 radical (unpaired) electrons. The fourth-order valence-corrected chi connectivity index (χ4v) is 3.02. The largest absolute Gasteiger partial charge is 0.361 e. The molecule has 2 amide bonds. The van der Waals surface area contributed by atoms with E-state index in [9.17, 15) is 9.59 Å². The van der Waals surface area contributed by atoms with Crippen molar-refractivity contribution >= 4 is 11.8 Å². The molecule has 0 aromatic carbocycles. The summed E-state index contributed by atoms with van der Waals surface area (Å²) < 4.78 is 5.17. The highest BCUT2D eigenvalue weighted by molar-refractivity contribution is 5.92. The number of likely N-dealkylation sites (tertiary alicyclic amines) is 1. The van der Waals surface area contributed by atoms with Crippen LogP contribution in [-0.4, -0.2) is 39.4 Å². The molecule has 0 saturated carbocycles. The summed E-state index contributed by atoms with van der Waals surface area (Å²) in [5.74, 6) is 0.640. The van der Waals surface area contributed by atoms with Gasteiger partial charge in [0.15, 0.2) is 0 Å². The molecule has 25 heavy (non-hydrogen) atoms. The highest BCUT2D eigenvalue weighted by Gasteiger charge is 2.25. The zero-order valence-electron chi connectivity index (χ0n) is 14.5. The maximum Gasteiger partial charge on any atom is 0.270 e. The summed E-state index contributed by atoms with van der Waals surface area (Å²) in [5.41, 5.74) is 2.17. The smallest absolute Gasteiger partial charge is 0.270 e. The highest BCUT2D eigenvalue weighted by Crippen LogP contribution is 2.19. The molecule has 3 heterocycles. The number of rotatable bonds is 4. The second-order valence-electron chi connectivity index (χ2n) is 6.33. The van der Waals surface area contributed by atoms with Crippen LogP contribution in [0.2, 0.25) is 0 Å². The molecule has 7 heteroatoms. The average molecular weight is 342 g/mol. The Bertz CT molecular complexity index is 737. The predicted octanol–water partition coefficient (Wildman–Crippen LogP) is 2.00. The van der Waals surface area contributed by atoms with Crippen molar-refractivity contribution in [2.24, 2.45) is 0 Å². The first-order chi connectivity index (χ1) is 12.0. The van der Waals surface area contributed by atoms with Crippen LogP contribution in [0.5, 0.6) is 0 Å². The molecule has 1 unspecified atom stereocenters. The van der Waals surface area contributed by atoms with Gasteiger partial charge in [0.25, 0.3) is 5.91 Å². The van der Waals surface area contributed by atoms with E-state index < -0.39 is 0 Å². The standard InChI is InChI=1S/C18H22N4O3/c1-12-15(13(2)25-21-12)11-22-10-8-14(6-7-17(22)23)20-18(24)16-5-3-4-9-19-16/h3-5,9,14H,6-8,10-11H2,1-2H3,(H,20,24). The van der Waals surface area contributed by atoms with Crippen molar-refractivity contribution in [2.45, 2.75) is 45.7 Å². The van der Waals surface area contributed by atoms with Gasteiger partial charge in [-0.05, 0) is 38.8 Å². The maximum absolute atomic E-state index is 12.4. The van der Waals surface area contributed by atoms with E-state index in [1.54, 1.807) is 24.4 Å². The first-order valence-corrected chi connectivity index (χ1v) is 8.46. The van der Waals surface area contributed by atoms with E-state index in [2.05, 4.69) is 15.5 Å². The molecule has 1 saturated heterocycles. The van der Waals surface area contributed by atoms with Gasteiger partial charge in [-0.25, -0.2) is 0 Å². The van der Waals surface area contributed by atoms with Crippen molar-refractivity contribution in [3.05, 3.63) is 47.1 Å². The number of pyridine rings is 1. The monoisotopic (exact) mass is 342 g/mol. The number of carbonyl (C=O) groups is 2. The number of carbonyl (C=O) groups excluding carboxylic acids is 2. The molecule has 0 bridgehead atoms. The highest BCUT2D eigenvalue weighted by atomic mass is 16.5. The van der Waals surface area contributed by atoms with Crippen LogP contribution in [0.15, 0.2) is 28.9 Å². The molecular formula is C18H22N4O3. The van der Waals surface area contributed by atoms with Gasteiger partial charge in [0, 0.05) is 30.8 Å². The lowest BCUT2D eigenvalue weighted by molar-refractivity contribution is -0.131. The van der Waals surface area contributed by atoms with Crippen LogP contribution in [0.25, 0.3) is 0 Å². The summed E-state index contributed by atoms with van der Waals surface area (Å²) >= 11 is 0. The summed E-state index contributed by atoms with van der Waals surface area (Å²) in [6.45, 7) is 4.83. The second-order valence-corrected chi connectivity index (χ2v) is 6.33. The zero-order valence-corrected chi connectivity index (χ0v) is 14.5. The van der Waals surface area contributed by atoms with Crippen LogP contribution in [-0.2, 0) is 11.3 Å². The van der Waals surface area contributed by atoms with E-state index in [1.165, 1.54) is 0 Å². The molecule has 2 aromatic rings. The lowest BCUT2D eigenvalue weighted by Crippen LogP contribution is -2.36. The van der Waals surface area contributed by atoms with Crippen molar-refractivity contribution in [3.8, 4) is 0 Å². The Kier molecular flexibility index (Phi) is 5.11. The number of aromatic nitrogens is 2. The number of hydrogen-bond donors (Lipinski definition) is 1. The number of nitrogens with one attached hydrogen (secondary N) is 1.